The number of aliphatic hydroxyl groups is 1. The van der Waals surface area contributed by atoms with Crippen molar-refractivity contribution in [2.45, 2.75) is 52.2 Å². The second kappa shape index (κ2) is 4.52. The van der Waals surface area contributed by atoms with Gasteiger partial charge in [-0.3, -0.25) is 9.89 Å². The van der Waals surface area contributed by atoms with Crippen molar-refractivity contribution in [3.05, 3.63) is 11.4 Å². The van der Waals surface area contributed by atoms with Crippen molar-refractivity contribution in [1.29, 1.82) is 0 Å². The van der Waals surface area contributed by atoms with Gasteiger partial charge in [0.2, 0.25) is 0 Å². The minimum absolute atomic E-state index is 0.0476. The summed E-state index contributed by atoms with van der Waals surface area (Å²) >= 11 is 0. The fourth-order valence-corrected chi connectivity index (χ4v) is 2.35. The molecular formula is C13H22N4O2. The van der Waals surface area contributed by atoms with Crippen LogP contribution in [0.2, 0.25) is 0 Å². The van der Waals surface area contributed by atoms with E-state index in [1.807, 2.05) is 27.7 Å². The van der Waals surface area contributed by atoms with E-state index >= 15 is 0 Å². The zero-order chi connectivity index (χ0) is 14.4. The molecule has 6 heteroatoms. The zero-order valence-electron chi connectivity index (χ0n) is 11.8. The van der Waals surface area contributed by atoms with Gasteiger partial charge in [-0.25, -0.2) is 0 Å². The van der Waals surface area contributed by atoms with Gasteiger partial charge in [-0.2, -0.15) is 5.10 Å². The summed E-state index contributed by atoms with van der Waals surface area (Å²) in [7, 11) is 0. The third-order valence-corrected chi connectivity index (χ3v) is 4.15. The second-order valence-electron chi connectivity index (χ2n) is 6.15. The standard InChI is InChI=1S/C13H22N4O2/c1-6(2)10-9(14)11(17-16-10)12(19)15-7-5-8(18)13(7,3)4/h6-8,18H,5,14H2,1-4H3,(H,15,19)(H,16,17). The molecule has 1 saturated carbocycles. The van der Waals surface area contributed by atoms with E-state index < -0.39 is 0 Å². The number of carbonyl (C=O) groups is 1. The molecule has 1 amide bonds. The van der Waals surface area contributed by atoms with Crippen LogP contribution in [0.5, 0.6) is 0 Å². The summed E-state index contributed by atoms with van der Waals surface area (Å²) in [6.45, 7) is 7.83. The van der Waals surface area contributed by atoms with Crippen molar-refractivity contribution in [1.82, 2.24) is 15.5 Å². The lowest BCUT2D eigenvalue weighted by Crippen LogP contribution is -2.61. The number of nitrogens with zero attached hydrogens (tertiary/aromatic N) is 1. The average molecular weight is 266 g/mol. The lowest BCUT2D eigenvalue weighted by atomic mass is 9.64. The fourth-order valence-electron chi connectivity index (χ4n) is 2.35. The topological polar surface area (TPSA) is 104 Å². The van der Waals surface area contributed by atoms with Crippen LogP contribution < -0.4 is 11.1 Å². The van der Waals surface area contributed by atoms with Crippen LogP contribution in [-0.2, 0) is 0 Å². The van der Waals surface area contributed by atoms with E-state index in [1.54, 1.807) is 0 Å². The van der Waals surface area contributed by atoms with Crippen molar-refractivity contribution >= 4 is 11.6 Å². The number of rotatable bonds is 3. The normalized spacial score (nSPS) is 25.2. The smallest absolute Gasteiger partial charge is 0.274 e. The first-order valence-electron chi connectivity index (χ1n) is 6.57. The highest BCUT2D eigenvalue weighted by Crippen LogP contribution is 2.40. The van der Waals surface area contributed by atoms with Gasteiger partial charge in [0.05, 0.1) is 17.5 Å². The Labute approximate surface area is 112 Å². The lowest BCUT2D eigenvalue weighted by Gasteiger charge is -2.49. The van der Waals surface area contributed by atoms with Crippen molar-refractivity contribution in [3.63, 3.8) is 0 Å². The Morgan fingerprint density at radius 2 is 2.21 bits per heavy atom. The number of carbonyl (C=O) groups excluding carboxylic acids is 1. The van der Waals surface area contributed by atoms with Gasteiger partial charge >= 0.3 is 0 Å². The van der Waals surface area contributed by atoms with Gasteiger partial charge in [-0.05, 0) is 12.3 Å². The highest BCUT2D eigenvalue weighted by molar-refractivity contribution is 5.98. The first-order valence-corrected chi connectivity index (χ1v) is 6.57. The maximum atomic E-state index is 12.1. The summed E-state index contributed by atoms with van der Waals surface area (Å²) in [5.41, 5.74) is 7.05. The molecule has 0 radical (unpaired) electrons. The number of amides is 1. The van der Waals surface area contributed by atoms with E-state index in [9.17, 15) is 9.90 Å². The van der Waals surface area contributed by atoms with Crippen LogP contribution in [-0.4, -0.2) is 33.4 Å². The number of anilines is 1. The van der Waals surface area contributed by atoms with Crippen molar-refractivity contribution in [2.24, 2.45) is 5.41 Å². The molecule has 1 aromatic rings. The molecule has 2 rings (SSSR count). The Bertz CT molecular complexity index is 493. The van der Waals surface area contributed by atoms with E-state index in [0.717, 1.165) is 5.69 Å². The predicted octanol–water partition coefficient (Wildman–Crippen LogP) is 1.00. The molecule has 0 saturated heterocycles. The number of aliphatic hydroxyl groups excluding tert-OH is 1. The monoisotopic (exact) mass is 266 g/mol. The number of aromatic amines is 1. The molecule has 0 aromatic carbocycles. The Kier molecular flexibility index (Phi) is 3.30. The largest absolute Gasteiger partial charge is 0.395 e. The zero-order valence-corrected chi connectivity index (χ0v) is 11.8. The van der Waals surface area contributed by atoms with E-state index in [-0.39, 0.29) is 35.1 Å². The third kappa shape index (κ3) is 2.20. The molecule has 1 heterocycles. The first kappa shape index (κ1) is 13.9. The highest BCUT2D eigenvalue weighted by atomic mass is 16.3. The molecule has 0 bridgehead atoms. The summed E-state index contributed by atoms with van der Waals surface area (Å²) in [6, 6.07) is -0.0476. The van der Waals surface area contributed by atoms with Gasteiger partial charge < -0.3 is 16.2 Å². The predicted molar refractivity (Wildman–Crippen MR) is 72.7 cm³/mol. The van der Waals surface area contributed by atoms with Crippen LogP contribution in [0.25, 0.3) is 0 Å². The molecule has 0 aliphatic heterocycles. The molecule has 19 heavy (non-hydrogen) atoms. The van der Waals surface area contributed by atoms with Crippen LogP contribution in [0.15, 0.2) is 0 Å². The summed E-state index contributed by atoms with van der Waals surface area (Å²) in [5, 5.41) is 19.3. The number of nitrogens with two attached hydrogens (primary N) is 1. The SMILES string of the molecule is CC(C)c1[nH]nc(C(=O)NC2CC(O)C2(C)C)c1N. The van der Waals surface area contributed by atoms with Crippen LogP contribution in [0.3, 0.4) is 0 Å². The number of nitrogens with one attached hydrogen (secondary N) is 2. The van der Waals surface area contributed by atoms with E-state index in [2.05, 4.69) is 15.5 Å². The second-order valence-corrected chi connectivity index (χ2v) is 6.15. The van der Waals surface area contributed by atoms with Gasteiger partial charge in [-0.1, -0.05) is 27.7 Å². The molecule has 1 aromatic heterocycles. The Balaban J connectivity index is 2.10. The maximum Gasteiger partial charge on any atom is 0.274 e. The van der Waals surface area contributed by atoms with Crippen molar-refractivity contribution in [2.75, 3.05) is 5.73 Å². The maximum absolute atomic E-state index is 12.1. The summed E-state index contributed by atoms with van der Waals surface area (Å²) < 4.78 is 0. The summed E-state index contributed by atoms with van der Waals surface area (Å²) in [6.07, 6.45) is 0.195. The molecule has 1 aliphatic carbocycles. The van der Waals surface area contributed by atoms with E-state index in [1.165, 1.54) is 0 Å². The van der Waals surface area contributed by atoms with E-state index in [4.69, 9.17) is 5.73 Å². The van der Waals surface area contributed by atoms with Crippen LogP contribution in [0, 0.1) is 5.41 Å². The lowest BCUT2D eigenvalue weighted by molar-refractivity contribution is -0.0689. The van der Waals surface area contributed by atoms with Crippen molar-refractivity contribution in [3.8, 4) is 0 Å². The minimum atomic E-state index is -0.374. The molecule has 1 fully saturated rings. The van der Waals surface area contributed by atoms with E-state index in [0.29, 0.717) is 12.1 Å². The van der Waals surface area contributed by atoms with Gasteiger partial charge in [0.1, 0.15) is 0 Å². The minimum Gasteiger partial charge on any atom is -0.395 e. The molecule has 0 spiro atoms. The number of hydrogen-bond donors (Lipinski definition) is 4. The van der Waals surface area contributed by atoms with Gasteiger partial charge in [0, 0.05) is 11.5 Å². The molecule has 2 atom stereocenters. The number of H-pyrrole nitrogens is 1. The summed E-state index contributed by atoms with van der Waals surface area (Å²) in [4.78, 5) is 12.1. The number of hydrogen-bond acceptors (Lipinski definition) is 4. The molecule has 1 aliphatic rings. The van der Waals surface area contributed by atoms with Crippen molar-refractivity contribution < 1.29 is 9.90 Å². The van der Waals surface area contributed by atoms with Crippen LogP contribution in [0.1, 0.15) is 56.2 Å². The molecule has 6 nitrogen and oxygen atoms in total. The first-order chi connectivity index (χ1) is 8.75. The average Bonchev–Trinajstić information content (AvgIpc) is 2.70. The molecule has 5 N–H and O–H groups in total. The highest BCUT2D eigenvalue weighted by Gasteiger charge is 2.48. The molecule has 2 unspecified atom stereocenters. The van der Waals surface area contributed by atoms with Crippen LogP contribution in [0.4, 0.5) is 5.69 Å². The number of nitrogen functional groups attached to an aromatic ring is 1. The summed E-state index contributed by atoms with van der Waals surface area (Å²) in [5.74, 6) is -0.0957. The number of aromatic nitrogens is 2. The Morgan fingerprint density at radius 3 is 2.63 bits per heavy atom. The van der Waals surface area contributed by atoms with Crippen LogP contribution >= 0.6 is 0 Å². The fraction of sp³-hybridized carbons (Fsp3) is 0.692. The molecular weight excluding hydrogens is 244 g/mol. The van der Waals surface area contributed by atoms with Gasteiger partial charge in [-0.15, -0.1) is 0 Å². The third-order valence-electron chi connectivity index (χ3n) is 4.15. The quantitative estimate of drug-likeness (QED) is 0.655. The van der Waals surface area contributed by atoms with Gasteiger partial charge in [0.25, 0.3) is 5.91 Å². The Hall–Kier alpha value is -1.56. The van der Waals surface area contributed by atoms with Gasteiger partial charge in [0.15, 0.2) is 5.69 Å². The Morgan fingerprint density at radius 1 is 1.58 bits per heavy atom. The molecule has 106 valence electrons.